The van der Waals surface area contributed by atoms with Crippen LogP contribution in [-0.2, 0) is 0 Å². The number of ketones is 1. The summed E-state index contributed by atoms with van der Waals surface area (Å²) in [7, 11) is 0. The summed E-state index contributed by atoms with van der Waals surface area (Å²) in [5.41, 5.74) is 0. The van der Waals surface area contributed by atoms with E-state index in [9.17, 15) is 4.79 Å². The number of carbonyl (C=O) groups excluding carboxylic acids is 1. The maximum atomic E-state index is 11.4. The standard InChI is InChI=1S/C8H12N2OS/c1-5(2)4-7(11)8-9-6(3)10-12-8/h5H,4H2,1-3H3. The van der Waals surface area contributed by atoms with Crippen molar-refractivity contribution in [3.63, 3.8) is 0 Å². The fourth-order valence-corrected chi connectivity index (χ4v) is 1.49. The highest BCUT2D eigenvalue weighted by molar-refractivity contribution is 7.07. The number of aryl methyl sites for hydroxylation is 1. The Labute approximate surface area is 76.0 Å². The smallest absolute Gasteiger partial charge is 0.193 e. The first-order chi connectivity index (χ1) is 5.59. The van der Waals surface area contributed by atoms with Crippen LogP contribution in [0.3, 0.4) is 0 Å². The van der Waals surface area contributed by atoms with Gasteiger partial charge in [-0.15, -0.1) is 0 Å². The molecule has 0 saturated carbocycles. The topological polar surface area (TPSA) is 42.9 Å². The monoisotopic (exact) mass is 184 g/mol. The Morgan fingerprint density at radius 3 is 2.67 bits per heavy atom. The van der Waals surface area contributed by atoms with E-state index in [0.29, 0.717) is 23.2 Å². The second-order valence-corrected chi connectivity index (χ2v) is 3.92. The van der Waals surface area contributed by atoms with E-state index >= 15 is 0 Å². The van der Waals surface area contributed by atoms with Gasteiger partial charge in [0.15, 0.2) is 10.8 Å². The average Bonchev–Trinajstić information content (AvgIpc) is 2.34. The van der Waals surface area contributed by atoms with Gasteiger partial charge < -0.3 is 0 Å². The molecule has 0 aliphatic heterocycles. The molecule has 3 nitrogen and oxygen atoms in total. The first kappa shape index (κ1) is 9.32. The molecule has 0 unspecified atom stereocenters. The third-order valence-electron chi connectivity index (χ3n) is 1.36. The van der Waals surface area contributed by atoms with E-state index in [4.69, 9.17) is 0 Å². The molecule has 0 spiro atoms. The molecule has 1 aromatic heterocycles. The Morgan fingerprint density at radius 1 is 1.58 bits per heavy atom. The van der Waals surface area contributed by atoms with Gasteiger partial charge in [-0.2, -0.15) is 4.37 Å². The predicted octanol–water partition coefficient (Wildman–Crippen LogP) is 2.08. The van der Waals surface area contributed by atoms with Gasteiger partial charge >= 0.3 is 0 Å². The summed E-state index contributed by atoms with van der Waals surface area (Å²) in [6, 6.07) is 0. The Bertz CT molecular complexity index is 280. The average molecular weight is 184 g/mol. The Kier molecular flexibility index (Phi) is 2.92. The number of rotatable bonds is 3. The molecule has 66 valence electrons. The molecule has 1 rings (SSSR count). The number of carbonyl (C=O) groups is 1. The van der Waals surface area contributed by atoms with Gasteiger partial charge in [-0.25, -0.2) is 4.98 Å². The molecule has 0 aliphatic rings. The van der Waals surface area contributed by atoms with Crippen LogP contribution in [0.25, 0.3) is 0 Å². The second-order valence-electron chi connectivity index (χ2n) is 3.17. The fraction of sp³-hybridized carbons (Fsp3) is 0.625. The van der Waals surface area contributed by atoms with Gasteiger partial charge in [0, 0.05) is 6.42 Å². The molecule has 0 radical (unpaired) electrons. The normalized spacial score (nSPS) is 10.7. The maximum Gasteiger partial charge on any atom is 0.193 e. The highest BCUT2D eigenvalue weighted by atomic mass is 32.1. The van der Waals surface area contributed by atoms with E-state index in [2.05, 4.69) is 9.36 Å². The van der Waals surface area contributed by atoms with Crippen molar-refractivity contribution in [1.82, 2.24) is 9.36 Å². The predicted molar refractivity (Wildman–Crippen MR) is 48.4 cm³/mol. The van der Waals surface area contributed by atoms with Gasteiger partial charge in [0.1, 0.15) is 5.82 Å². The van der Waals surface area contributed by atoms with E-state index in [1.54, 1.807) is 6.92 Å². The molecule has 0 aliphatic carbocycles. The summed E-state index contributed by atoms with van der Waals surface area (Å²) in [4.78, 5) is 15.4. The van der Waals surface area contributed by atoms with E-state index in [1.807, 2.05) is 13.8 Å². The first-order valence-electron chi connectivity index (χ1n) is 3.93. The molecule has 4 heteroatoms. The Morgan fingerprint density at radius 2 is 2.25 bits per heavy atom. The van der Waals surface area contributed by atoms with Crippen LogP contribution in [0.5, 0.6) is 0 Å². The van der Waals surface area contributed by atoms with Crippen molar-refractivity contribution < 1.29 is 4.79 Å². The van der Waals surface area contributed by atoms with Crippen LogP contribution >= 0.6 is 11.5 Å². The number of Topliss-reactive ketones (excluding diaryl/α,β-unsaturated/α-hetero) is 1. The second kappa shape index (κ2) is 3.76. The SMILES string of the molecule is Cc1nsc(C(=O)CC(C)C)n1. The molecular formula is C8H12N2OS. The molecule has 0 atom stereocenters. The van der Waals surface area contributed by atoms with Crippen molar-refractivity contribution in [2.24, 2.45) is 5.92 Å². The van der Waals surface area contributed by atoms with E-state index in [-0.39, 0.29) is 5.78 Å². The third kappa shape index (κ3) is 2.37. The van der Waals surface area contributed by atoms with Gasteiger partial charge in [-0.1, -0.05) is 13.8 Å². The maximum absolute atomic E-state index is 11.4. The summed E-state index contributed by atoms with van der Waals surface area (Å²) in [5.74, 6) is 1.18. The molecular weight excluding hydrogens is 172 g/mol. The lowest BCUT2D eigenvalue weighted by molar-refractivity contribution is 0.0967. The summed E-state index contributed by atoms with van der Waals surface area (Å²) in [6.07, 6.45) is 0.564. The van der Waals surface area contributed by atoms with Crippen molar-refractivity contribution in [3.05, 3.63) is 10.8 Å². The van der Waals surface area contributed by atoms with Crippen LogP contribution in [-0.4, -0.2) is 15.1 Å². The van der Waals surface area contributed by atoms with Gasteiger partial charge in [-0.05, 0) is 24.4 Å². The molecule has 0 saturated heterocycles. The number of hydrogen-bond acceptors (Lipinski definition) is 4. The van der Waals surface area contributed by atoms with Crippen LogP contribution < -0.4 is 0 Å². The molecule has 0 aromatic carbocycles. The zero-order valence-electron chi connectivity index (χ0n) is 7.50. The lowest BCUT2D eigenvalue weighted by Crippen LogP contribution is -2.02. The van der Waals surface area contributed by atoms with Crippen molar-refractivity contribution in [2.45, 2.75) is 27.2 Å². The minimum absolute atomic E-state index is 0.107. The molecule has 0 fully saturated rings. The van der Waals surface area contributed by atoms with Crippen LogP contribution in [0.1, 0.15) is 35.9 Å². The largest absolute Gasteiger partial charge is 0.291 e. The van der Waals surface area contributed by atoms with Gasteiger partial charge in [-0.3, -0.25) is 4.79 Å². The lowest BCUT2D eigenvalue weighted by atomic mass is 10.1. The number of nitrogens with zero attached hydrogens (tertiary/aromatic N) is 2. The summed E-state index contributed by atoms with van der Waals surface area (Å²) in [6.45, 7) is 5.83. The van der Waals surface area contributed by atoms with Crippen molar-refractivity contribution >= 4 is 17.3 Å². The minimum Gasteiger partial charge on any atom is -0.291 e. The van der Waals surface area contributed by atoms with Crippen LogP contribution in [0.4, 0.5) is 0 Å². The summed E-state index contributed by atoms with van der Waals surface area (Å²) >= 11 is 1.19. The molecule has 0 N–H and O–H groups in total. The Hall–Kier alpha value is -0.770. The Balaban J connectivity index is 2.65. The molecule has 0 bridgehead atoms. The molecule has 0 amide bonds. The van der Waals surface area contributed by atoms with E-state index in [0.717, 1.165) is 0 Å². The fourth-order valence-electron chi connectivity index (χ4n) is 0.868. The van der Waals surface area contributed by atoms with Gasteiger partial charge in [0.25, 0.3) is 0 Å². The van der Waals surface area contributed by atoms with Gasteiger partial charge in [0.2, 0.25) is 0 Å². The molecule has 1 heterocycles. The van der Waals surface area contributed by atoms with Crippen LogP contribution in [0.2, 0.25) is 0 Å². The van der Waals surface area contributed by atoms with E-state index < -0.39 is 0 Å². The zero-order chi connectivity index (χ0) is 9.14. The van der Waals surface area contributed by atoms with E-state index in [1.165, 1.54) is 11.5 Å². The summed E-state index contributed by atoms with van der Waals surface area (Å²) < 4.78 is 3.95. The number of hydrogen-bond donors (Lipinski definition) is 0. The quantitative estimate of drug-likeness (QED) is 0.675. The highest BCUT2D eigenvalue weighted by Gasteiger charge is 2.12. The van der Waals surface area contributed by atoms with Crippen LogP contribution in [0.15, 0.2) is 0 Å². The first-order valence-corrected chi connectivity index (χ1v) is 4.70. The minimum atomic E-state index is 0.107. The van der Waals surface area contributed by atoms with Crippen molar-refractivity contribution in [3.8, 4) is 0 Å². The lowest BCUT2D eigenvalue weighted by Gasteiger charge is -1.98. The third-order valence-corrected chi connectivity index (χ3v) is 2.21. The summed E-state index contributed by atoms with van der Waals surface area (Å²) in [5, 5.41) is 0.543. The van der Waals surface area contributed by atoms with Gasteiger partial charge in [0.05, 0.1) is 0 Å². The molecule has 12 heavy (non-hydrogen) atoms. The van der Waals surface area contributed by atoms with Crippen LogP contribution in [0, 0.1) is 12.8 Å². The van der Waals surface area contributed by atoms with Crippen molar-refractivity contribution in [1.29, 1.82) is 0 Å². The van der Waals surface area contributed by atoms with Crippen molar-refractivity contribution in [2.75, 3.05) is 0 Å². The molecule has 1 aromatic rings. The highest BCUT2D eigenvalue weighted by Crippen LogP contribution is 2.10. The number of aromatic nitrogens is 2. The zero-order valence-corrected chi connectivity index (χ0v) is 8.31.